The van der Waals surface area contributed by atoms with Crippen molar-refractivity contribution in [1.29, 1.82) is 0 Å². The van der Waals surface area contributed by atoms with Crippen molar-refractivity contribution in [1.82, 2.24) is 20.2 Å². The van der Waals surface area contributed by atoms with E-state index >= 15 is 0 Å². The van der Waals surface area contributed by atoms with Gasteiger partial charge in [0.05, 0.1) is 17.6 Å². The zero-order valence-electron chi connectivity index (χ0n) is 15.2. The van der Waals surface area contributed by atoms with Gasteiger partial charge in [0.2, 0.25) is 11.7 Å². The first kappa shape index (κ1) is 18.1. The monoisotopic (exact) mass is 357 g/mol. The van der Waals surface area contributed by atoms with Gasteiger partial charge in [-0.2, -0.15) is 0 Å². The van der Waals surface area contributed by atoms with Crippen LogP contribution < -0.4 is 10.6 Å². The molecule has 0 spiro atoms. The highest BCUT2D eigenvalue weighted by Crippen LogP contribution is 2.17. The van der Waals surface area contributed by atoms with E-state index in [0.29, 0.717) is 43.3 Å². The highest BCUT2D eigenvalue weighted by Gasteiger charge is 2.35. The summed E-state index contributed by atoms with van der Waals surface area (Å²) in [7, 11) is 0. The number of aromatic nitrogens is 2. The fourth-order valence-corrected chi connectivity index (χ4v) is 2.88. The maximum Gasteiger partial charge on any atom is 0.292 e. The number of piperazine rings is 1. The van der Waals surface area contributed by atoms with E-state index in [-0.39, 0.29) is 17.6 Å². The maximum atomic E-state index is 12.9. The number of aryl methyl sites for hydroxylation is 3. The summed E-state index contributed by atoms with van der Waals surface area (Å²) in [4.78, 5) is 35.6. The van der Waals surface area contributed by atoms with Gasteiger partial charge in [-0.1, -0.05) is 6.92 Å². The van der Waals surface area contributed by atoms with Crippen LogP contribution in [0.15, 0.2) is 22.7 Å². The maximum absolute atomic E-state index is 12.9. The Labute approximate surface area is 152 Å². The molecular weight excluding hydrogens is 334 g/mol. The van der Waals surface area contributed by atoms with Gasteiger partial charge >= 0.3 is 0 Å². The predicted molar refractivity (Wildman–Crippen MR) is 95.9 cm³/mol. The predicted octanol–water partition coefficient (Wildman–Crippen LogP) is 1.30. The first-order valence-corrected chi connectivity index (χ1v) is 8.71. The number of oxazole rings is 1. The Morgan fingerprint density at radius 2 is 2.19 bits per heavy atom. The quantitative estimate of drug-likeness (QED) is 0.855. The molecule has 0 aromatic carbocycles. The molecule has 2 aromatic rings. The lowest BCUT2D eigenvalue weighted by Gasteiger charge is -2.34. The average molecular weight is 357 g/mol. The molecule has 138 valence electrons. The number of hydrogen-bond donors (Lipinski definition) is 2. The molecule has 2 amide bonds. The molecule has 8 nitrogen and oxygen atoms in total. The average Bonchev–Trinajstić information content (AvgIpc) is 3.04. The zero-order chi connectivity index (χ0) is 18.7. The van der Waals surface area contributed by atoms with Crippen molar-refractivity contribution in [2.45, 2.75) is 33.2 Å². The second kappa shape index (κ2) is 7.65. The summed E-state index contributed by atoms with van der Waals surface area (Å²) >= 11 is 0. The van der Waals surface area contributed by atoms with E-state index in [1.807, 2.05) is 19.9 Å². The van der Waals surface area contributed by atoms with Crippen LogP contribution in [0.1, 0.15) is 34.8 Å². The van der Waals surface area contributed by atoms with Gasteiger partial charge in [-0.3, -0.25) is 14.6 Å². The lowest BCUT2D eigenvalue weighted by molar-refractivity contribution is -0.121. The SMILES string of the molecule is CCc1nc(C)c(C(=O)N2CCNCC2C(=O)Nc2ccc(C)nc2)o1. The Kier molecular flexibility index (Phi) is 5.32. The van der Waals surface area contributed by atoms with Crippen molar-refractivity contribution in [2.75, 3.05) is 25.0 Å². The summed E-state index contributed by atoms with van der Waals surface area (Å²) in [6, 6.07) is 2.98. The van der Waals surface area contributed by atoms with Crippen LogP contribution in [0.2, 0.25) is 0 Å². The second-order valence-electron chi connectivity index (χ2n) is 6.27. The molecule has 0 saturated carbocycles. The van der Waals surface area contributed by atoms with Crippen molar-refractivity contribution in [3.8, 4) is 0 Å². The lowest BCUT2D eigenvalue weighted by atomic mass is 10.1. The van der Waals surface area contributed by atoms with Crippen LogP contribution in [-0.4, -0.2) is 52.4 Å². The Hall–Kier alpha value is -2.74. The molecule has 0 radical (unpaired) electrons. The van der Waals surface area contributed by atoms with Crippen LogP contribution in [0.5, 0.6) is 0 Å². The van der Waals surface area contributed by atoms with Crippen molar-refractivity contribution in [3.05, 3.63) is 41.4 Å². The number of hydrogen-bond acceptors (Lipinski definition) is 6. The van der Waals surface area contributed by atoms with E-state index < -0.39 is 6.04 Å². The third-order valence-electron chi connectivity index (χ3n) is 4.32. The molecule has 0 aliphatic carbocycles. The number of rotatable bonds is 4. The number of anilines is 1. The second-order valence-corrected chi connectivity index (χ2v) is 6.27. The topological polar surface area (TPSA) is 100 Å². The van der Waals surface area contributed by atoms with E-state index in [0.717, 1.165) is 5.69 Å². The van der Waals surface area contributed by atoms with Crippen LogP contribution in [0.4, 0.5) is 5.69 Å². The van der Waals surface area contributed by atoms with Gasteiger partial charge in [-0.05, 0) is 26.0 Å². The largest absolute Gasteiger partial charge is 0.435 e. The van der Waals surface area contributed by atoms with E-state index in [4.69, 9.17) is 4.42 Å². The number of nitrogens with one attached hydrogen (secondary N) is 2. The Morgan fingerprint density at radius 3 is 2.85 bits per heavy atom. The van der Waals surface area contributed by atoms with Gasteiger partial charge < -0.3 is 20.0 Å². The molecule has 1 unspecified atom stereocenters. The molecule has 2 aromatic heterocycles. The first-order valence-electron chi connectivity index (χ1n) is 8.71. The fraction of sp³-hybridized carbons (Fsp3) is 0.444. The summed E-state index contributed by atoms with van der Waals surface area (Å²) in [5, 5.41) is 5.99. The molecule has 26 heavy (non-hydrogen) atoms. The van der Waals surface area contributed by atoms with Gasteiger partial charge in [0, 0.05) is 31.7 Å². The minimum Gasteiger partial charge on any atom is -0.435 e. The molecule has 1 saturated heterocycles. The minimum absolute atomic E-state index is 0.207. The molecule has 1 aliphatic rings. The zero-order valence-corrected chi connectivity index (χ0v) is 15.2. The van der Waals surface area contributed by atoms with Crippen LogP contribution >= 0.6 is 0 Å². The summed E-state index contributed by atoms with van der Waals surface area (Å²) in [5.41, 5.74) is 2.02. The molecular formula is C18H23N5O3. The van der Waals surface area contributed by atoms with Crippen molar-refractivity contribution in [3.63, 3.8) is 0 Å². The molecule has 1 fully saturated rings. The molecule has 3 heterocycles. The summed E-state index contributed by atoms with van der Waals surface area (Å²) < 4.78 is 5.57. The summed E-state index contributed by atoms with van der Waals surface area (Å²) in [6.07, 6.45) is 2.21. The van der Waals surface area contributed by atoms with Gasteiger partial charge in [-0.15, -0.1) is 0 Å². The van der Waals surface area contributed by atoms with E-state index in [2.05, 4.69) is 20.6 Å². The number of nitrogens with zero attached hydrogens (tertiary/aromatic N) is 3. The highest BCUT2D eigenvalue weighted by molar-refractivity contribution is 6.00. The molecule has 1 atom stereocenters. The molecule has 0 bridgehead atoms. The van der Waals surface area contributed by atoms with Crippen molar-refractivity contribution < 1.29 is 14.0 Å². The van der Waals surface area contributed by atoms with Crippen LogP contribution in [0.3, 0.4) is 0 Å². The van der Waals surface area contributed by atoms with Gasteiger partial charge in [-0.25, -0.2) is 4.98 Å². The number of carbonyl (C=O) groups is 2. The van der Waals surface area contributed by atoms with Crippen LogP contribution in [-0.2, 0) is 11.2 Å². The highest BCUT2D eigenvalue weighted by atomic mass is 16.4. The van der Waals surface area contributed by atoms with E-state index in [1.165, 1.54) is 0 Å². The van der Waals surface area contributed by atoms with Gasteiger partial charge in [0.15, 0.2) is 5.89 Å². The third-order valence-corrected chi connectivity index (χ3v) is 4.32. The molecule has 3 rings (SSSR count). The Balaban J connectivity index is 1.78. The third kappa shape index (κ3) is 3.75. The van der Waals surface area contributed by atoms with E-state index in [9.17, 15) is 9.59 Å². The first-order chi connectivity index (χ1) is 12.5. The van der Waals surface area contributed by atoms with Gasteiger partial charge in [0.25, 0.3) is 5.91 Å². The molecule has 1 aliphatic heterocycles. The lowest BCUT2D eigenvalue weighted by Crippen LogP contribution is -2.58. The summed E-state index contributed by atoms with van der Waals surface area (Å²) in [6.45, 7) is 6.95. The van der Waals surface area contributed by atoms with E-state index in [1.54, 1.807) is 24.1 Å². The Morgan fingerprint density at radius 1 is 1.38 bits per heavy atom. The standard InChI is InChI=1S/C18H23N5O3/c1-4-15-21-12(3)16(26-15)18(25)23-8-7-19-10-14(23)17(24)22-13-6-5-11(2)20-9-13/h5-6,9,14,19H,4,7-8,10H2,1-3H3,(H,22,24). The molecule has 2 N–H and O–H groups in total. The molecule has 8 heteroatoms. The number of amides is 2. The number of carbonyl (C=O) groups excluding carboxylic acids is 2. The number of pyridine rings is 1. The van der Waals surface area contributed by atoms with Crippen LogP contribution in [0.25, 0.3) is 0 Å². The normalized spacial score (nSPS) is 17.2. The van der Waals surface area contributed by atoms with Crippen molar-refractivity contribution >= 4 is 17.5 Å². The van der Waals surface area contributed by atoms with Gasteiger partial charge in [0.1, 0.15) is 6.04 Å². The fourth-order valence-electron chi connectivity index (χ4n) is 2.88. The smallest absolute Gasteiger partial charge is 0.292 e. The Bertz CT molecular complexity index is 800. The minimum atomic E-state index is -0.632. The van der Waals surface area contributed by atoms with Crippen molar-refractivity contribution in [2.24, 2.45) is 0 Å². The summed E-state index contributed by atoms with van der Waals surface area (Å²) in [5.74, 6) is 0.161. The van der Waals surface area contributed by atoms with Crippen LogP contribution in [0, 0.1) is 13.8 Å².